The Morgan fingerprint density at radius 2 is 0.818 bits per heavy atom. The summed E-state index contributed by atoms with van der Waals surface area (Å²) in [6.45, 7) is 4.90. The van der Waals surface area contributed by atoms with E-state index in [1.165, 1.54) is 0 Å². The lowest BCUT2D eigenvalue weighted by Gasteiger charge is -2.00. The summed E-state index contributed by atoms with van der Waals surface area (Å²) in [7, 11) is 0. The van der Waals surface area contributed by atoms with Gasteiger partial charge in [0.1, 0.15) is 0 Å². The van der Waals surface area contributed by atoms with Gasteiger partial charge in [0.15, 0.2) is 0 Å². The summed E-state index contributed by atoms with van der Waals surface area (Å²) in [5, 5.41) is 10.1. The van der Waals surface area contributed by atoms with Crippen LogP contribution in [0.4, 0.5) is 0 Å². The van der Waals surface area contributed by atoms with Gasteiger partial charge in [-0.3, -0.25) is 0 Å². The second kappa shape index (κ2) is 4.91. The Morgan fingerprint density at radius 1 is 0.727 bits per heavy atom. The minimum Gasteiger partial charge on any atom is -0.230 e. The van der Waals surface area contributed by atoms with Crippen molar-refractivity contribution in [2.24, 2.45) is 0 Å². The molecule has 0 saturated heterocycles. The van der Waals surface area contributed by atoms with Crippen molar-refractivity contribution in [3.63, 3.8) is 0 Å². The Kier molecular flexibility index (Phi) is 4.55. The molecule has 0 bridgehead atoms. The summed E-state index contributed by atoms with van der Waals surface area (Å²) >= 11 is 0. The third kappa shape index (κ3) is 17.6. The van der Waals surface area contributed by atoms with E-state index in [1.54, 1.807) is 20.8 Å². The smallest absolute Gasteiger partial charge is 0.0952 e. The molecule has 0 unspecified atom stereocenters. The van der Waals surface area contributed by atoms with Crippen molar-refractivity contribution in [1.82, 2.24) is 0 Å². The predicted octanol–water partition coefficient (Wildman–Crippen LogP) is 2.90. The summed E-state index contributed by atoms with van der Waals surface area (Å²) in [5.41, 5.74) is -0.750. The van der Waals surface area contributed by atoms with Gasteiger partial charge in [-0.05, 0) is 20.8 Å². The lowest BCUT2D eigenvalue weighted by atomic mass is 10.2. The van der Waals surface area contributed by atoms with Crippen molar-refractivity contribution in [2.45, 2.75) is 26.4 Å². The van der Waals surface area contributed by atoms with Crippen molar-refractivity contribution >= 4 is 0 Å². The Hall–Kier alpha value is -0.820. The first kappa shape index (κ1) is 10.2. The van der Waals surface area contributed by atoms with Gasteiger partial charge in [-0.1, -0.05) is 36.4 Å². The van der Waals surface area contributed by atoms with Crippen LogP contribution in [-0.4, -0.2) is 5.60 Å². The molecule has 1 nitrogen and oxygen atoms in total. The zero-order chi connectivity index (χ0) is 8.74. The zero-order valence-electron chi connectivity index (χ0n) is 7.37. The molecule has 0 amide bonds. The third-order valence-corrected chi connectivity index (χ3v) is 0.667. The first-order chi connectivity index (χ1) is 5.00. The molecular weight excluding hydrogens is 136 g/mol. The lowest BCUT2D eigenvalue weighted by Crippen LogP contribution is -2.07. The molecule has 1 heteroatoms. The van der Waals surface area contributed by atoms with Gasteiger partial charge in [-0.25, -0.2) is 5.11 Å². The number of benzene rings is 1. The van der Waals surface area contributed by atoms with Gasteiger partial charge in [0.05, 0.1) is 5.60 Å². The molecule has 1 radical (unpaired) electrons. The topological polar surface area (TPSA) is 19.9 Å². The fraction of sp³-hybridized carbons (Fsp3) is 0.400. The van der Waals surface area contributed by atoms with Crippen molar-refractivity contribution in [2.75, 3.05) is 0 Å². The SMILES string of the molecule is CC(C)(C)[O].c1ccccc1. The Morgan fingerprint density at radius 3 is 0.909 bits per heavy atom. The number of hydrogen-bond donors (Lipinski definition) is 0. The maximum Gasteiger partial charge on any atom is 0.0952 e. The molecule has 0 spiro atoms. The van der Waals surface area contributed by atoms with Crippen molar-refractivity contribution < 1.29 is 5.11 Å². The molecule has 11 heavy (non-hydrogen) atoms. The fourth-order valence-corrected chi connectivity index (χ4v) is 0.385. The van der Waals surface area contributed by atoms with Crippen LogP contribution in [0.15, 0.2) is 36.4 Å². The predicted molar refractivity (Wildman–Crippen MR) is 46.9 cm³/mol. The van der Waals surface area contributed by atoms with Gasteiger partial charge in [-0.15, -0.1) is 0 Å². The van der Waals surface area contributed by atoms with Crippen molar-refractivity contribution in [3.8, 4) is 0 Å². The van der Waals surface area contributed by atoms with Crippen LogP contribution in [0.2, 0.25) is 0 Å². The van der Waals surface area contributed by atoms with Gasteiger partial charge in [0, 0.05) is 0 Å². The molecule has 0 N–H and O–H groups in total. The minimum atomic E-state index is -0.750. The van der Waals surface area contributed by atoms with Gasteiger partial charge in [0.2, 0.25) is 0 Å². The Balaban J connectivity index is 0.000000187. The zero-order valence-corrected chi connectivity index (χ0v) is 7.37. The van der Waals surface area contributed by atoms with Crippen LogP contribution < -0.4 is 0 Å². The van der Waals surface area contributed by atoms with E-state index < -0.39 is 5.60 Å². The third-order valence-electron chi connectivity index (χ3n) is 0.667. The van der Waals surface area contributed by atoms with Gasteiger partial charge in [0.25, 0.3) is 0 Å². The van der Waals surface area contributed by atoms with Crippen LogP contribution in [-0.2, 0) is 5.11 Å². The van der Waals surface area contributed by atoms with Gasteiger partial charge in [-0.2, -0.15) is 0 Å². The number of rotatable bonds is 0. The van der Waals surface area contributed by atoms with E-state index in [1.807, 2.05) is 36.4 Å². The van der Waals surface area contributed by atoms with E-state index in [0.29, 0.717) is 0 Å². The molecule has 1 rings (SSSR count). The van der Waals surface area contributed by atoms with E-state index in [9.17, 15) is 5.11 Å². The molecular formula is C10H15O. The monoisotopic (exact) mass is 151 g/mol. The van der Waals surface area contributed by atoms with Crippen LogP contribution in [0.25, 0.3) is 0 Å². The van der Waals surface area contributed by atoms with Crippen LogP contribution in [0.3, 0.4) is 0 Å². The molecule has 0 aliphatic carbocycles. The molecule has 0 heterocycles. The highest BCUT2D eigenvalue weighted by Gasteiger charge is 2.01. The van der Waals surface area contributed by atoms with Crippen LogP contribution in [0.5, 0.6) is 0 Å². The van der Waals surface area contributed by atoms with Crippen LogP contribution in [0, 0.1) is 0 Å². The maximum atomic E-state index is 10.1. The van der Waals surface area contributed by atoms with Gasteiger partial charge < -0.3 is 0 Å². The average molecular weight is 151 g/mol. The standard InChI is InChI=1S/C6H6.C4H9O/c1-2-4-6-5-3-1;1-4(2,3)5/h1-6H;1-3H3. The second-order valence-electron chi connectivity index (χ2n) is 3.27. The highest BCUT2D eigenvalue weighted by Crippen LogP contribution is 1.95. The van der Waals surface area contributed by atoms with E-state index in [-0.39, 0.29) is 0 Å². The average Bonchev–Trinajstić information content (AvgIpc) is 1.88. The molecule has 1 aromatic carbocycles. The minimum absolute atomic E-state index is 0.750. The molecule has 0 atom stereocenters. The normalized spacial score (nSPS) is 9.82. The highest BCUT2D eigenvalue weighted by atomic mass is 16.3. The summed E-state index contributed by atoms with van der Waals surface area (Å²) in [4.78, 5) is 0. The largest absolute Gasteiger partial charge is 0.230 e. The fourth-order valence-electron chi connectivity index (χ4n) is 0.385. The second-order valence-corrected chi connectivity index (χ2v) is 3.27. The molecule has 0 aliphatic rings. The molecule has 0 aliphatic heterocycles. The summed E-state index contributed by atoms with van der Waals surface area (Å²) in [6, 6.07) is 12.0. The first-order valence-electron chi connectivity index (χ1n) is 3.70. The molecule has 1 aromatic rings. The van der Waals surface area contributed by atoms with Crippen LogP contribution >= 0.6 is 0 Å². The Labute approximate surface area is 68.7 Å². The van der Waals surface area contributed by atoms with E-state index >= 15 is 0 Å². The summed E-state index contributed by atoms with van der Waals surface area (Å²) in [5.74, 6) is 0. The molecule has 0 saturated carbocycles. The first-order valence-corrected chi connectivity index (χ1v) is 3.70. The van der Waals surface area contributed by atoms with Crippen molar-refractivity contribution in [1.29, 1.82) is 0 Å². The quantitative estimate of drug-likeness (QED) is 0.543. The summed E-state index contributed by atoms with van der Waals surface area (Å²) in [6.07, 6.45) is 0. The number of hydrogen-bond acceptors (Lipinski definition) is 0. The van der Waals surface area contributed by atoms with E-state index in [4.69, 9.17) is 0 Å². The molecule has 0 fully saturated rings. The lowest BCUT2D eigenvalue weighted by molar-refractivity contribution is 0.0219. The molecule has 0 aromatic heterocycles. The van der Waals surface area contributed by atoms with E-state index in [2.05, 4.69) is 0 Å². The van der Waals surface area contributed by atoms with Gasteiger partial charge >= 0.3 is 0 Å². The Bertz CT molecular complexity index is 129. The molecule has 61 valence electrons. The van der Waals surface area contributed by atoms with E-state index in [0.717, 1.165) is 0 Å². The summed E-state index contributed by atoms with van der Waals surface area (Å²) < 4.78 is 0. The highest BCUT2D eigenvalue weighted by molar-refractivity contribution is 4.99. The van der Waals surface area contributed by atoms with Crippen molar-refractivity contribution in [3.05, 3.63) is 36.4 Å². The maximum absolute atomic E-state index is 10.1. The van der Waals surface area contributed by atoms with Crippen LogP contribution in [0.1, 0.15) is 20.8 Å².